The number of carbonyl (C=O) groups is 1. The molecule has 0 unspecified atom stereocenters. The molecule has 1 aromatic rings. The van der Waals surface area contributed by atoms with Gasteiger partial charge in [0.05, 0.1) is 11.7 Å². The van der Waals surface area contributed by atoms with Crippen LogP contribution in [-0.2, 0) is 4.74 Å². The lowest BCUT2D eigenvalue weighted by Gasteiger charge is -2.13. The van der Waals surface area contributed by atoms with E-state index in [0.29, 0.717) is 10.6 Å². The van der Waals surface area contributed by atoms with Crippen molar-refractivity contribution in [1.82, 2.24) is 0 Å². The normalized spacial score (nSPS) is 12.2. The Balaban J connectivity index is 2.33. The van der Waals surface area contributed by atoms with Gasteiger partial charge in [-0.05, 0) is 44.0 Å². The van der Waals surface area contributed by atoms with Crippen LogP contribution in [0, 0.1) is 0 Å². The molecule has 0 saturated heterocycles. The van der Waals surface area contributed by atoms with Crippen LogP contribution >= 0.6 is 11.6 Å². The first kappa shape index (κ1) is 15.0. The molecule has 0 heterocycles. The summed E-state index contributed by atoms with van der Waals surface area (Å²) in [7, 11) is 0. The first-order valence-corrected chi connectivity index (χ1v) is 6.97. The van der Waals surface area contributed by atoms with Crippen molar-refractivity contribution >= 4 is 17.6 Å². The Morgan fingerprint density at radius 3 is 2.50 bits per heavy atom. The van der Waals surface area contributed by atoms with Gasteiger partial charge in [-0.25, -0.2) is 4.79 Å². The van der Waals surface area contributed by atoms with Gasteiger partial charge in [0.2, 0.25) is 0 Å². The van der Waals surface area contributed by atoms with Crippen LogP contribution in [0.15, 0.2) is 24.3 Å². The molecule has 0 fully saturated rings. The maximum atomic E-state index is 11.8. The van der Waals surface area contributed by atoms with Gasteiger partial charge in [-0.3, -0.25) is 0 Å². The summed E-state index contributed by atoms with van der Waals surface area (Å²) in [5.74, 6) is -0.269. The molecule has 0 aliphatic rings. The van der Waals surface area contributed by atoms with Crippen LogP contribution in [-0.4, -0.2) is 12.1 Å². The Morgan fingerprint density at radius 1 is 1.22 bits per heavy atom. The van der Waals surface area contributed by atoms with E-state index in [-0.39, 0.29) is 12.1 Å². The number of hydrogen-bond donors (Lipinski definition) is 0. The molecule has 2 nitrogen and oxygen atoms in total. The molecule has 1 aromatic carbocycles. The van der Waals surface area contributed by atoms with Gasteiger partial charge in [0, 0.05) is 5.02 Å². The van der Waals surface area contributed by atoms with Gasteiger partial charge in [0.15, 0.2) is 0 Å². The summed E-state index contributed by atoms with van der Waals surface area (Å²) in [5.41, 5.74) is 0.555. The lowest BCUT2D eigenvalue weighted by atomic mass is 10.1. The maximum Gasteiger partial charge on any atom is 0.338 e. The van der Waals surface area contributed by atoms with Crippen molar-refractivity contribution < 1.29 is 9.53 Å². The summed E-state index contributed by atoms with van der Waals surface area (Å²) < 4.78 is 5.37. The third-order valence-corrected chi connectivity index (χ3v) is 3.10. The predicted octanol–water partition coefficient (Wildman–Crippen LogP) is 4.86. The Morgan fingerprint density at radius 2 is 1.89 bits per heavy atom. The second-order valence-electron chi connectivity index (χ2n) is 4.57. The summed E-state index contributed by atoms with van der Waals surface area (Å²) in [5, 5.41) is 0.624. The lowest BCUT2D eigenvalue weighted by Crippen LogP contribution is -2.14. The molecule has 0 spiro atoms. The average molecular weight is 269 g/mol. The van der Waals surface area contributed by atoms with Crippen LogP contribution in [0.2, 0.25) is 5.02 Å². The fourth-order valence-electron chi connectivity index (χ4n) is 1.75. The number of carbonyl (C=O) groups excluding carboxylic acids is 1. The standard InChI is InChI=1S/C15H21ClO2/c1-3-4-5-6-7-12(2)18-15(17)13-8-10-14(16)11-9-13/h8-12H,3-7H2,1-2H3/t12-/m1/s1. The lowest BCUT2D eigenvalue weighted by molar-refractivity contribution is 0.0319. The Labute approximate surface area is 114 Å². The van der Waals surface area contributed by atoms with Crippen molar-refractivity contribution in [3.63, 3.8) is 0 Å². The van der Waals surface area contributed by atoms with Gasteiger partial charge in [0.25, 0.3) is 0 Å². The third kappa shape index (κ3) is 5.54. The fourth-order valence-corrected chi connectivity index (χ4v) is 1.88. The number of unbranched alkanes of at least 4 members (excludes halogenated alkanes) is 3. The van der Waals surface area contributed by atoms with Gasteiger partial charge < -0.3 is 4.74 Å². The minimum absolute atomic E-state index is 0.0231. The van der Waals surface area contributed by atoms with E-state index < -0.39 is 0 Å². The van der Waals surface area contributed by atoms with Gasteiger partial charge in [0.1, 0.15) is 0 Å². The van der Waals surface area contributed by atoms with Crippen molar-refractivity contribution in [3.05, 3.63) is 34.9 Å². The van der Waals surface area contributed by atoms with Crippen molar-refractivity contribution in [2.45, 2.75) is 52.1 Å². The Bertz CT molecular complexity index is 359. The Hall–Kier alpha value is -1.02. The third-order valence-electron chi connectivity index (χ3n) is 2.85. The highest BCUT2D eigenvalue weighted by atomic mass is 35.5. The van der Waals surface area contributed by atoms with Crippen LogP contribution < -0.4 is 0 Å². The number of halogens is 1. The van der Waals surface area contributed by atoms with E-state index in [2.05, 4.69) is 6.92 Å². The summed E-state index contributed by atoms with van der Waals surface area (Å²) in [6, 6.07) is 6.77. The summed E-state index contributed by atoms with van der Waals surface area (Å²) >= 11 is 5.77. The monoisotopic (exact) mass is 268 g/mol. The van der Waals surface area contributed by atoms with Gasteiger partial charge >= 0.3 is 5.97 Å². The molecule has 0 radical (unpaired) electrons. The number of esters is 1. The smallest absolute Gasteiger partial charge is 0.338 e. The number of rotatable bonds is 7. The highest BCUT2D eigenvalue weighted by Gasteiger charge is 2.11. The molecular formula is C15H21ClO2. The van der Waals surface area contributed by atoms with E-state index in [1.54, 1.807) is 24.3 Å². The van der Waals surface area contributed by atoms with Gasteiger partial charge in [-0.15, -0.1) is 0 Å². The molecular weight excluding hydrogens is 248 g/mol. The first-order chi connectivity index (χ1) is 8.63. The molecule has 0 bridgehead atoms. The van der Waals surface area contributed by atoms with Crippen molar-refractivity contribution in [2.75, 3.05) is 0 Å². The first-order valence-electron chi connectivity index (χ1n) is 6.60. The maximum absolute atomic E-state index is 11.8. The van der Waals surface area contributed by atoms with E-state index in [4.69, 9.17) is 16.3 Å². The predicted molar refractivity (Wildman–Crippen MR) is 75.1 cm³/mol. The van der Waals surface area contributed by atoms with Gasteiger partial charge in [-0.2, -0.15) is 0 Å². The molecule has 0 amide bonds. The average Bonchev–Trinajstić information content (AvgIpc) is 2.35. The van der Waals surface area contributed by atoms with Crippen LogP contribution in [0.5, 0.6) is 0 Å². The second-order valence-corrected chi connectivity index (χ2v) is 5.01. The number of hydrogen-bond acceptors (Lipinski definition) is 2. The zero-order chi connectivity index (χ0) is 13.4. The van der Waals surface area contributed by atoms with Crippen LogP contribution in [0.4, 0.5) is 0 Å². The molecule has 0 aliphatic carbocycles. The number of ether oxygens (including phenoxy) is 1. The topological polar surface area (TPSA) is 26.3 Å². The molecule has 1 rings (SSSR count). The molecule has 0 N–H and O–H groups in total. The summed E-state index contributed by atoms with van der Waals surface area (Å²) in [6.45, 7) is 4.13. The van der Waals surface area contributed by atoms with Crippen molar-refractivity contribution in [1.29, 1.82) is 0 Å². The Kier molecular flexibility index (Phi) is 6.81. The number of benzene rings is 1. The van der Waals surface area contributed by atoms with E-state index in [1.165, 1.54) is 19.3 Å². The second kappa shape index (κ2) is 8.15. The van der Waals surface area contributed by atoms with Gasteiger partial charge in [-0.1, -0.05) is 37.8 Å². The highest BCUT2D eigenvalue weighted by Crippen LogP contribution is 2.13. The van der Waals surface area contributed by atoms with E-state index >= 15 is 0 Å². The fraction of sp³-hybridized carbons (Fsp3) is 0.533. The summed E-state index contributed by atoms with van der Waals surface area (Å²) in [6.07, 6.45) is 5.70. The molecule has 18 heavy (non-hydrogen) atoms. The van der Waals surface area contributed by atoms with Crippen molar-refractivity contribution in [2.24, 2.45) is 0 Å². The van der Waals surface area contributed by atoms with Crippen LogP contribution in [0.3, 0.4) is 0 Å². The highest BCUT2D eigenvalue weighted by molar-refractivity contribution is 6.30. The molecule has 100 valence electrons. The minimum Gasteiger partial charge on any atom is -0.459 e. The van der Waals surface area contributed by atoms with Crippen LogP contribution in [0.25, 0.3) is 0 Å². The van der Waals surface area contributed by atoms with E-state index in [1.807, 2.05) is 6.92 Å². The van der Waals surface area contributed by atoms with Crippen LogP contribution in [0.1, 0.15) is 56.3 Å². The van der Waals surface area contributed by atoms with E-state index in [0.717, 1.165) is 12.8 Å². The molecule has 0 aromatic heterocycles. The zero-order valence-electron chi connectivity index (χ0n) is 11.1. The SMILES string of the molecule is CCCCCC[C@@H](C)OC(=O)c1ccc(Cl)cc1. The largest absolute Gasteiger partial charge is 0.459 e. The quantitative estimate of drug-likeness (QED) is 0.522. The molecule has 3 heteroatoms. The zero-order valence-corrected chi connectivity index (χ0v) is 11.9. The summed E-state index contributed by atoms with van der Waals surface area (Å²) in [4.78, 5) is 11.8. The van der Waals surface area contributed by atoms with E-state index in [9.17, 15) is 4.79 Å². The molecule has 1 atom stereocenters. The molecule has 0 saturated carbocycles. The van der Waals surface area contributed by atoms with Crippen molar-refractivity contribution in [3.8, 4) is 0 Å². The molecule has 0 aliphatic heterocycles. The minimum atomic E-state index is -0.269.